The van der Waals surface area contributed by atoms with Crippen molar-refractivity contribution < 1.29 is 0 Å². The second-order valence-corrected chi connectivity index (χ2v) is 8.77. The Hall–Kier alpha value is 0.310. The number of aryl methyl sites for hydroxylation is 1. The monoisotopic (exact) mass is 469 g/mol. The standard InChI is InChI=1S/C12H14Br3N3S/c1-3-4-16-10(7-5-9(14)19-12(7)15)11-8(13)6-17-18(11)2/h5-6,10,16H,3-4H2,1-2H3. The van der Waals surface area contributed by atoms with E-state index in [2.05, 4.69) is 71.2 Å². The minimum absolute atomic E-state index is 0.124. The van der Waals surface area contributed by atoms with E-state index in [0.29, 0.717) is 0 Å². The fourth-order valence-corrected chi connectivity index (χ4v) is 5.42. The highest BCUT2D eigenvalue weighted by Gasteiger charge is 2.23. The zero-order valence-corrected chi connectivity index (χ0v) is 16.2. The summed E-state index contributed by atoms with van der Waals surface area (Å²) >= 11 is 12.5. The summed E-state index contributed by atoms with van der Waals surface area (Å²) in [5.74, 6) is 0. The molecule has 2 rings (SSSR count). The summed E-state index contributed by atoms with van der Waals surface area (Å²) in [4.78, 5) is 0. The van der Waals surface area contributed by atoms with E-state index in [4.69, 9.17) is 0 Å². The molecule has 0 aliphatic heterocycles. The number of nitrogens with zero attached hydrogens (tertiary/aromatic N) is 2. The number of thiophene rings is 1. The Morgan fingerprint density at radius 2 is 2.16 bits per heavy atom. The lowest BCUT2D eigenvalue weighted by molar-refractivity contribution is 0.552. The smallest absolute Gasteiger partial charge is 0.0779 e. The number of rotatable bonds is 5. The van der Waals surface area contributed by atoms with Crippen molar-refractivity contribution in [3.05, 3.63) is 35.6 Å². The van der Waals surface area contributed by atoms with Gasteiger partial charge in [0.25, 0.3) is 0 Å². The molecule has 0 saturated carbocycles. The molecule has 7 heteroatoms. The fourth-order valence-electron chi connectivity index (χ4n) is 1.94. The van der Waals surface area contributed by atoms with Gasteiger partial charge in [-0.05, 0) is 66.8 Å². The minimum atomic E-state index is 0.124. The van der Waals surface area contributed by atoms with Crippen LogP contribution in [-0.4, -0.2) is 16.3 Å². The van der Waals surface area contributed by atoms with Crippen LogP contribution in [0.2, 0.25) is 0 Å². The predicted octanol–water partition coefficient (Wildman–Crippen LogP) is 4.86. The number of halogens is 3. The number of aromatic nitrogens is 2. The molecule has 0 radical (unpaired) electrons. The molecule has 3 nitrogen and oxygen atoms in total. The van der Waals surface area contributed by atoms with Crippen molar-refractivity contribution in [2.75, 3.05) is 6.54 Å². The maximum atomic E-state index is 4.31. The Balaban J connectivity index is 2.44. The molecule has 2 aromatic rings. The highest BCUT2D eigenvalue weighted by molar-refractivity contribution is 9.12. The van der Waals surface area contributed by atoms with E-state index < -0.39 is 0 Å². The van der Waals surface area contributed by atoms with Crippen LogP contribution in [0, 0.1) is 0 Å². The zero-order valence-electron chi connectivity index (χ0n) is 10.6. The summed E-state index contributed by atoms with van der Waals surface area (Å²) in [6.45, 7) is 3.13. The van der Waals surface area contributed by atoms with E-state index in [0.717, 1.165) is 30.7 Å². The topological polar surface area (TPSA) is 29.9 Å². The molecule has 0 aliphatic carbocycles. The van der Waals surface area contributed by atoms with Crippen LogP contribution >= 0.6 is 59.1 Å². The SMILES string of the molecule is CCCNC(c1cc(Br)sc1Br)c1c(Br)cnn1C. The average Bonchev–Trinajstić information content (AvgIpc) is 2.85. The van der Waals surface area contributed by atoms with Gasteiger partial charge in [0.2, 0.25) is 0 Å². The van der Waals surface area contributed by atoms with Gasteiger partial charge in [-0.3, -0.25) is 4.68 Å². The Kier molecular flexibility index (Phi) is 5.65. The number of nitrogens with one attached hydrogen (secondary N) is 1. The number of hydrogen-bond donors (Lipinski definition) is 1. The van der Waals surface area contributed by atoms with Crippen molar-refractivity contribution in [1.29, 1.82) is 0 Å². The summed E-state index contributed by atoms with van der Waals surface area (Å²) in [5.41, 5.74) is 2.37. The molecule has 0 aliphatic rings. The van der Waals surface area contributed by atoms with E-state index in [1.807, 2.05) is 17.9 Å². The molecule has 2 heterocycles. The van der Waals surface area contributed by atoms with Crippen molar-refractivity contribution in [3.63, 3.8) is 0 Å². The maximum absolute atomic E-state index is 4.31. The zero-order chi connectivity index (χ0) is 14.0. The van der Waals surface area contributed by atoms with E-state index >= 15 is 0 Å². The maximum Gasteiger partial charge on any atom is 0.0779 e. The first-order chi connectivity index (χ1) is 9.04. The highest BCUT2D eigenvalue weighted by atomic mass is 79.9. The second kappa shape index (κ2) is 6.85. The van der Waals surface area contributed by atoms with Crippen LogP contribution in [0.15, 0.2) is 24.3 Å². The van der Waals surface area contributed by atoms with Gasteiger partial charge in [-0.1, -0.05) is 6.92 Å². The fraction of sp³-hybridized carbons (Fsp3) is 0.417. The lowest BCUT2D eigenvalue weighted by Gasteiger charge is -2.19. The molecule has 0 saturated heterocycles. The van der Waals surface area contributed by atoms with Crippen molar-refractivity contribution in [3.8, 4) is 0 Å². The molecular weight excluding hydrogens is 458 g/mol. The largest absolute Gasteiger partial charge is 0.305 e. The van der Waals surface area contributed by atoms with Crippen molar-refractivity contribution in [2.45, 2.75) is 19.4 Å². The van der Waals surface area contributed by atoms with Crippen molar-refractivity contribution >= 4 is 59.1 Å². The summed E-state index contributed by atoms with van der Waals surface area (Å²) in [5, 5.41) is 7.90. The van der Waals surface area contributed by atoms with Gasteiger partial charge >= 0.3 is 0 Å². The Morgan fingerprint density at radius 3 is 2.63 bits per heavy atom. The molecule has 0 amide bonds. The molecule has 0 bridgehead atoms. The quantitative estimate of drug-likeness (QED) is 0.675. The molecule has 0 fully saturated rings. The summed E-state index contributed by atoms with van der Waals surface area (Å²) < 4.78 is 5.20. The van der Waals surface area contributed by atoms with Crippen LogP contribution in [0.1, 0.15) is 30.6 Å². The van der Waals surface area contributed by atoms with Gasteiger partial charge in [0.05, 0.1) is 30.0 Å². The third-order valence-corrected chi connectivity index (χ3v) is 5.80. The normalized spacial score (nSPS) is 12.9. The van der Waals surface area contributed by atoms with E-state index in [-0.39, 0.29) is 6.04 Å². The van der Waals surface area contributed by atoms with Crippen molar-refractivity contribution in [2.24, 2.45) is 7.05 Å². The number of hydrogen-bond acceptors (Lipinski definition) is 3. The van der Waals surface area contributed by atoms with Crippen LogP contribution in [-0.2, 0) is 7.05 Å². The lowest BCUT2D eigenvalue weighted by Crippen LogP contribution is -2.25. The van der Waals surface area contributed by atoms with Gasteiger partial charge in [0, 0.05) is 12.6 Å². The summed E-state index contributed by atoms with van der Waals surface area (Å²) in [6.07, 6.45) is 2.93. The van der Waals surface area contributed by atoms with Gasteiger partial charge in [0.15, 0.2) is 0 Å². The first-order valence-electron chi connectivity index (χ1n) is 5.90. The molecule has 1 atom stereocenters. The van der Waals surface area contributed by atoms with Gasteiger partial charge in [-0.25, -0.2) is 0 Å². The molecule has 104 valence electrons. The molecular formula is C12H14Br3N3S. The highest BCUT2D eigenvalue weighted by Crippen LogP contribution is 2.39. The molecule has 1 unspecified atom stereocenters. The molecule has 0 spiro atoms. The van der Waals surface area contributed by atoms with Gasteiger partial charge in [-0.15, -0.1) is 11.3 Å². The minimum Gasteiger partial charge on any atom is -0.305 e. The first-order valence-corrected chi connectivity index (χ1v) is 9.09. The van der Waals surface area contributed by atoms with Crippen LogP contribution < -0.4 is 5.32 Å². The molecule has 2 aromatic heterocycles. The Morgan fingerprint density at radius 1 is 1.42 bits per heavy atom. The Bertz CT molecular complexity index is 545. The third kappa shape index (κ3) is 3.50. The third-order valence-electron chi connectivity index (χ3n) is 2.80. The van der Waals surface area contributed by atoms with Crippen LogP contribution in [0.4, 0.5) is 0 Å². The first kappa shape index (κ1) is 15.7. The van der Waals surface area contributed by atoms with E-state index in [1.54, 1.807) is 11.3 Å². The summed E-state index contributed by atoms with van der Waals surface area (Å²) in [6, 6.07) is 2.28. The Labute approximate surface area is 142 Å². The molecule has 1 N–H and O–H groups in total. The van der Waals surface area contributed by atoms with E-state index in [1.165, 1.54) is 5.56 Å². The lowest BCUT2D eigenvalue weighted by atomic mass is 10.1. The van der Waals surface area contributed by atoms with Crippen molar-refractivity contribution in [1.82, 2.24) is 15.1 Å². The van der Waals surface area contributed by atoms with Crippen LogP contribution in [0.5, 0.6) is 0 Å². The van der Waals surface area contributed by atoms with Gasteiger partial charge < -0.3 is 5.32 Å². The van der Waals surface area contributed by atoms with Crippen LogP contribution in [0.3, 0.4) is 0 Å². The van der Waals surface area contributed by atoms with Gasteiger partial charge in [-0.2, -0.15) is 5.10 Å². The molecule has 0 aromatic carbocycles. The second-order valence-electron chi connectivity index (χ2n) is 4.17. The average molecular weight is 472 g/mol. The van der Waals surface area contributed by atoms with Crippen LogP contribution in [0.25, 0.3) is 0 Å². The predicted molar refractivity (Wildman–Crippen MR) is 90.8 cm³/mol. The molecule has 19 heavy (non-hydrogen) atoms. The van der Waals surface area contributed by atoms with Gasteiger partial charge in [0.1, 0.15) is 0 Å². The van der Waals surface area contributed by atoms with E-state index in [9.17, 15) is 0 Å². The summed E-state index contributed by atoms with van der Waals surface area (Å²) in [7, 11) is 1.97.